The Balaban J connectivity index is 1.89. The zero-order chi connectivity index (χ0) is 14.8. The highest BCUT2D eigenvalue weighted by Crippen LogP contribution is 2.28. The van der Waals surface area contributed by atoms with Crippen molar-refractivity contribution in [2.75, 3.05) is 11.4 Å². The molecule has 2 aromatic rings. The Labute approximate surface area is 124 Å². The summed E-state index contributed by atoms with van der Waals surface area (Å²) in [4.78, 5) is 26.3. The van der Waals surface area contributed by atoms with E-state index in [0.717, 1.165) is 16.8 Å². The molecule has 3 rings (SSSR count). The number of rotatable bonds is 2. The van der Waals surface area contributed by atoms with Gasteiger partial charge in [0.15, 0.2) is 5.78 Å². The van der Waals surface area contributed by atoms with Crippen molar-refractivity contribution in [1.29, 1.82) is 0 Å². The van der Waals surface area contributed by atoms with Gasteiger partial charge in [0.2, 0.25) is 5.91 Å². The Morgan fingerprint density at radius 3 is 2.67 bits per heavy atom. The molecule has 0 aromatic heterocycles. The Bertz CT molecular complexity index is 692. The smallest absolute Gasteiger partial charge is 0.231 e. The Morgan fingerprint density at radius 2 is 1.90 bits per heavy atom. The molecule has 0 unspecified atom stereocenters. The third-order valence-electron chi connectivity index (χ3n) is 3.80. The number of carbonyl (C=O) groups excluding carboxylic acids is 2. The van der Waals surface area contributed by atoms with Gasteiger partial charge < -0.3 is 4.90 Å². The fourth-order valence-electron chi connectivity index (χ4n) is 2.70. The summed E-state index contributed by atoms with van der Waals surface area (Å²) in [6.07, 6.45) is 0.763. The summed E-state index contributed by atoms with van der Waals surface area (Å²) in [5, 5.41) is 0. The average molecular weight is 279 g/mol. The van der Waals surface area contributed by atoms with Crippen LogP contribution in [0.3, 0.4) is 0 Å². The molecule has 1 aliphatic rings. The molecular formula is C18H17NO2. The van der Waals surface area contributed by atoms with Gasteiger partial charge in [-0.25, -0.2) is 0 Å². The van der Waals surface area contributed by atoms with Gasteiger partial charge in [-0.2, -0.15) is 0 Å². The van der Waals surface area contributed by atoms with Gasteiger partial charge >= 0.3 is 0 Å². The van der Waals surface area contributed by atoms with Gasteiger partial charge in [0.1, 0.15) is 0 Å². The minimum atomic E-state index is 0.0406. The fourth-order valence-corrected chi connectivity index (χ4v) is 2.70. The van der Waals surface area contributed by atoms with Crippen LogP contribution in [-0.4, -0.2) is 18.2 Å². The van der Waals surface area contributed by atoms with E-state index in [4.69, 9.17) is 0 Å². The molecule has 0 N–H and O–H groups in total. The first kappa shape index (κ1) is 13.6. The molecule has 106 valence electrons. The number of carbonyl (C=O) groups is 2. The highest BCUT2D eigenvalue weighted by atomic mass is 16.2. The van der Waals surface area contributed by atoms with Gasteiger partial charge in [-0.1, -0.05) is 42.0 Å². The molecule has 0 atom stereocenters. The van der Waals surface area contributed by atoms with Crippen molar-refractivity contribution in [2.24, 2.45) is 0 Å². The Hall–Kier alpha value is -2.42. The minimum Gasteiger partial charge on any atom is -0.311 e. The molecule has 1 amide bonds. The maximum Gasteiger partial charge on any atom is 0.231 e. The second-order valence-corrected chi connectivity index (χ2v) is 5.40. The van der Waals surface area contributed by atoms with Gasteiger partial charge in [-0.15, -0.1) is 0 Å². The number of amides is 1. The van der Waals surface area contributed by atoms with Crippen molar-refractivity contribution in [3.63, 3.8) is 0 Å². The van der Waals surface area contributed by atoms with E-state index in [2.05, 4.69) is 0 Å². The van der Waals surface area contributed by atoms with Crippen molar-refractivity contribution in [2.45, 2.75) is 19.8 Å². The first-order valence-corrected chi connectivity index (χ1v) is 7.13. The van der Waals surface area contributed by atoms with Crippen molar-refractivity contribution in [3.05, 3.63) is 65.2 Å². The molecule has 0 fully saturated rings. The van der Waals surface area contributed by atoms with Crippen molar-refractivity contribution in [3.8, 4) is 0 Å². The molecule has 1 aliphatic heterocycles. The van der Waals surface area contributed by atoms with Gasteiger partial charge in [-0.05, 0) is 24.6 Å². The van der Waals surface area contributed by atoms with Crippen LogP contribution in [0.4, 0.5) is 5.69 Å². The van der Waals surface area contributed by atoms with E-state index < -0.39 is 0 Å². The number of nitrogens with zero attached hydrogens (tertiary/aromatic N) is 1. The van der Waals surface area contributed by atoms with Crippen LogP contribution in [-0.2, 0) is 11.2 Å². The summed E-state index contributed by atoms with van der Waals surface area (Å²) in [5.41, 5.74) is 3.45. The van der Waals surface area contributed by atoms with Crippen LogP contribution in [0.15, 0.2) is 48.5 Å². The van der Waals surface area contributed by atoms with Gasteiger partial charge in [0.05, 0.1) is 12.1 Å². The number of Topliss-reactive ketones (excluding diaryl/α,β-unsaturated/α-hetero) is 1. The van der Waals surface area contributed by atoms with Gasteiger partial charge in [0, 0.05) is 18.5 Å². The molecule has 1 heterocycles. The lowest BCUT2D eigenvalue weighted by atomic mass is 9.97. The second kappa shape index (κ2) is 5.52. The van der Waals surface area contributed by atoms with Crippen LogP contribution in [0.2, 0.25) is 0 Å². The average Bonchev–Trinajstić information content (AvgIpc) is 2.49. The van der Waals surface area contributed by atoms with Crippen LogP contribution in [0.25, 0.3) is 0 Å². The number of hydrogen-bond acceptors (Lipinski definition) is 2. The van der Waals surface area contributed by atoms with E-state index in [1.54, 1.807) is 4.90 Å². The summed E-state index contributed by atoms with van der Waals surface area (Å²) in [7, 11) is 0. The molecule has 0 aliphatic carbocycles. The lowest BCUT2D eigenvalue weighted by Gasteiger charge is -2.29. The third-order valence-corrected chi connectivity index (χ3v) is 3.80. The molecule has 2 aromatic carbocycles. The normalized spacial score (nSPS) is 14.0. The minimum absolute atomic E-state index is 0.0406. The molecule has 0 saturated heterocycles. The fraction of sp³-hybridized carbons (Fsp3) is 0.222. The number of anilines is 1. The summed E-state index contributed by atoms with van der Waals surface area (Å²) in [6.45, 7) is 2.43. The molecule has 0 spiro atoms. The highest BCUT2D eigenvalue weighted by molar-refractivity contribution is 6.09. The third kappa shape index (κ3) is 2.72. The van der Waals surface area contributed by atoms with Crippen LogP contribution in [0, 0.1) is 6.92 Å². The number of hydrogen-bond donors (Lipinski definition) is 0. The maximum absolute atomic E-state index is 12.5. The highest BCUT2D eigenvalue weighted by Gasteiger charge is 2.27. The van der Waals surface area contributed by atoms with Crippen LogP contribution in [0.1, 0.15) is 27.9 Å². The first-order chi connectivity index (χ1) is 10.1. The number of ketones is 1. The molecular weight excluding hydrogens is 262 g/mol. The van der Waals surface area contributed by atoms with Crippen molar-refractivity contribution in [1.82, 2.24) is 0 Å². The van der Waals surface area contributed by atoms with Crippen LogP contribution in [0.5, 0.6) is 0 Å². The summed E-state index contributed by atoms with van der Waals surface area (Å²) >= 11 is 0. The predicted molar refractivity (Wildman–Crippen MR) is 82.6 cm³/mol. The van der Waals surface area contributed by atoms with E-state index in [0.29, 0.717) is 24.9 Å². The molecule has 21 heavy (non-hydrogen) atoms. The lowest BCUT2D eigenvalue weighted by molar-refractivity contribution is -0.118. The van der Waals surface area contributed by atoms with Gasteiger partial charge in [0.25, 0.3) is 0 Å². The molecule has 0 radical (unpaired) electrons. The maximum atomic E-state index is 12.5. The summed E-state index contributed by atoms with van der Waals surface area (Å²) in [6, 6.07) is 15.4. The molecule has 3 nitrogen and oxygen atoms in total. The van der Waals surface area contributed by atoms with E-state index in [9.17, 15) is 9.59 Å². The van der Waals surface area contributed by atoms with E-state index >= 15 is 0 Å². The Kier molecular flexibility index (Phi) is 3.57. The SMILES string of the molecule is Cc1ccc2c(c1)C(=O)CCN2C(=O)Cc1ccccc1. The van der Waals surface area contributed by atoms with Crippen LogP contribution >= 0.6 is 0 Å². The summed E-state index contributed by atoms with van der Waals surface area (Å²) < 4.78 is 0. The number of aryl methyl sites for hydroxylation is 1. The van der Waals surface area contributed by atoms with E-state index in [1.807, 2.05) is 55.5 Å². The van der Waals surface area contributed by atoms with E-state index in [-0.39, 0.29) is 11.7 Å². The zero-order valence-electron chi connectivity index (χ0n) is 12.0. The van der Waals surface area contributed by atoms with Crippen molar-refractivity contribution >= 4 is 17.4 Å². The lowest BCUT2D eigenvalue weighted by Crippen LogP contribution is -2.38. The van der Waals surface area contributed by atoms with Crippen LogP contribution < -0.4 is 4.90 Å². The topological polar surface area (TPSA) is 37.4 Å². The standard InChI is InChI=1S/C18H17NO2/c1-13-7-8-16-15(11-13)17(20)9-10-19(16)18(21)12-14-5-3-2-4-6-14/h2-8,11H,9-10,12H2,1H3. The summed E-state index contributed by atoms with van der Waals surface area (Å²) in [5.74, 6) is 0.163. The number of fused-ring (bicyclic) bond motifs is 1. The predicted octanol–water partition coefficient (Wildman–Crippen LogP) is 3.16. The van der Waals surface area contributed by atoms with E-state index in [1.165, 1.54) is 0 Å². The quantitative estimate of drug-likeness (QED) is 0.846. The van der Waals surface area contributed by atoms with Gasteiger partial charge in [-0.3, -0.25) is 9.59 Å². The first-order valence-electron chi connectivity index (χ1n) is 7.13. The molecule has 0 bridgehead atoms. The largest absolute Gasteiger partial charge is 0.311 e. The molecule has 0 saturated carbocycles. The van der Waals surface area contributed by atoms with Crippen molar-refractivity contribution < 1.29 is 9.59 Å². The Morgan fingerprint density at radius 1 is 1.14 bits per heavy atom. The monoisotopic (exact) mass is 279 g/mol. The second-order valence-electron chi connectivity index (χ2n) is 5.40. The number of benzene rings is 2. The zero-order valence-corrected chi connectivity index (χ0v) is 12.0. The molecule has 3 heteroatoms.